The van der Waals surface area contributed by atoms with Gasteiger partial charge >= 0.3 is 15.2 Å². The molecule has 0 fully saturated rings. The zero-order valence-electron chi connectivity index (χ0n) is 12.9. The Bertz CT molecular complexity index is 309. The number of hydrogen-bond acceptors (Lipinski definition) is 5. The lowest BCUT2D eigenvalue weighted by atomic mass is 10.5. The smallest absolute Gasteiger partial charge is 0.308 e. The average molecular weight is 314 g/mol. The summed E-state index contributed by atoms with van der Waals surface area (Å²) in [6, 6.07) is 0. The predicted octanol–water partition coefficient (Wildman–Crippen LogP) is 5.06. The average Bonchev–Trinajstić information content (AvgIpc) is 2.33. The molecule has 2 unspecified atom stereocenters. The SMILES string of the molecule is CCCOP(=O)(OP(=O)(OCCC)C(C)C)C(C)C. The Hall–Kier alpha value is 0.340. The largest absolute Gasteiger partial charge is 0.340 e. The van der Waals surface area contributed by atoms with Crippen molar-refractivity contribution in [1.82, 2.24) is 0 Å². The highest BCUT2D eigenvalue weighted by Crippen LogP contribution is 2.68. The third-order valence-corrected chi connectivity index (χ3v) is 7.88. The van der Waals surface area contributed by atoms with Crippen LogP contribution in [0.1, 0.15) is 54.4 Å². The Labute approximate surface area is 117 Å². The second-order valence-electron chi connectivity index (χ2n) is 5.02. The fourth-order valence-electron chi connectivity index (χ4n) is 1.13. The van der Waals surface area contributed by atoms with Gasteiger partial charge in [-0.25, -0.2) is 4.31 Å². The van der Waals surface area contributed by atoms with Crippen molar-refractivity contribution in [3.8, 4) is 0 Å². The van der Waals surface area contributed by atoms with Gasteiger partial charge in [0.15, 0.2) is 0 Å². The molecule has 0 bridgehead atoms. The van der Waals surface area contributed by atoms with Gasteiger partial charge in [-0.1, -0.05) is 41.5 Å². The van der Waals surface area contributed by atoms with E-state index < -0.39 is 15.2 Å². The highest BCUT2D eigenvalue weighted by atomic mass is 31.3. The van der Waals surface area contributed by atoms with E-state index >= 15 is 0 Å². The Morgan fingerprint density at radius 1 is 0.789 bits per heavy atom. The first-order valence-electron chi connectivity index (χ1n) is 6.91. The zero-order chi connectivity index (χ0) is 15.1. The van der Waals surface area contributed by atoms with Crippen LogP contribution in [-0.2, 0) is 22.5 Å². The van der Waals surface area contributed by atoms with Crippen LogP contribution in [0.25, 0.3) is 0 Å². The Morgan fingerprint density at radius 3 is 1.32 bits per heavy atom. The summed E-state index contributed by atoms with van der Waals surface area (Å²) in [6.45, 7) is 11.4. The molecule has 0 aromatic rings. The van der Waals surface area contributed by atoms with Crippen molar-refractivity contribution < 1.29 is 22.5 Å². The molecule has 0 heterocycles. The molecule has 116 valence electrons. The number of rotatable bonds is 10. The molecule has 7 heteroatoms. The van der Waals surface area contributed by atoms with Crippen molar-refractivity contribution in [2.24, 2.45) is 0 Å². The van der Waals surface area contributed by atoms with Crippen molar-refractivity contribution in [3.63, 3.8) is 0 Å². The van der Waals surface area contributed by atoms with Gasteiger partial charge in [0.1, 0.15) is 0 Å². The van der Waals surface area contributed by atoms with Gasteiger partial charge in [-0.3, -0.25) is 9.13 Å². The highest BCUT2D eigenvalue weighted by molar-refractivity contribution is 7.67. The predicted molar refractivity (Wildman–Crippen MR) is 79.1 cm³/mol. The monoisotopic (exact) mass is 314 g/mol. The van der Waals surface area contributed by atoms with Crippen LogP contribution in [0.3, 0.4) is 0 Å². The van der Waals surface area contributed by atoms with Gasteiger partial charge in [-0.15, -0.1) is 0 Å². The van der Waals surface area contributed by atoms with Crippen molar-refractivity contribution in [3.05, 3.63) is 0 Å². The summed E-state index contributed by atoms with van der Waals surface area (Å²) < 4.78 is 41.4. The molecular weight excluding hydrogens is 286 g/mol. The quantitative estimate of drug-likeness (QED) is 0.527. The molecule has 0 aliphatic carbocycles. The number of hydrogen-bond donors (Lipinski definition) is 0. The third kappa shape index (κ3) is 6.10. The normalized spacial score (nSPS) is 18.5. The third-order valence-electron chi connectivity index (χ3n) is 2.44. The summed E-state index contributed by atoms with van der Waals surface area (Å²) >= 11 is 0. The van der Waals surface area contributed by atoms with Crippen LogP contribution in [-0.4, -0.2) is 24.5 Å². The van der Waals surface area contributed by atoms with Crippen LogP contribution in [0.4, 0.5) is 0 Å². The summed E-state index contributed by atoms with van der Waals surface area (Å²) in [6.07, 6.45) is 1.45. The molecule has 0 aromatic carbocycles. The molecule has 0 N–H and O–H groups in total. The van der Waals surface area contributed by atoms with Crippen LogP contribution in [0, 0.1) is 0 Å². The van der Waals surface area contributed by atoms with E-state index in [-0.39, 0.29) is 11.3 Å². The molecule has 0 amide bonds. The fourth-order valence-corrected chi connectivity index (χ4v) is 5.75. The molecule has 0 radical (unpaired) electrons. The molecule has 0 aliphatic heterocycles. The van der Waals surface area contributed by atoms with Gasteiger partial charge in [0.25, 0.3) is 0 Å². The maximum atomic E-state index is 12.7. The minimum absolute atomic E-state index is 0.321. The molecule has 0 saturated carbocycles. The molecule has 2 atom stereocenters. The fraction of sp³-hybridized carbons (Fsp3) is 1.00. The highest BCUT2D eigenvalue weighted by Gasteiger charge is 2.41. The van der Waals surface area contributed by atoms with Crippen molar-refractivity contribution in [2.45, 2.75) is 65.7 Å². The summed E-state index contributed by atoms with van der Waals surface area (Å²) in [4.78, 5) is 0. The van der Waals surface area contributed by atoms with Gasteiger partial charge < -0.3 is 9.05 Å². The standard InChI is InChI=1S/C12H28O5P2/c1-7-9-15-18(13,11(3)4)17-19(14,12(5)6)16-10-8-2/h11-12H,7-10H2,1-6H3. The Kier molecular flexibility index (Phi) is 8.74. The molecule has 0 aliphatic rings. The second-order valence-corrected chi connectivity index (χ2v) is 10.4. The van der Waals surface area contributed by atoms with Gasteiger partial charge in [0.2, 0.25) is 0 Å². The lowest BCUT2D eigenvalue weighted by Crippen LogP contribution is -2.11. The molecule has 0 spiro atoms. The molecule has 19 heavy (non-hydrogen) atoms. The van der Waals surface area contributed by atoms with E-state index in [1.54, 1.807) is 27.7 Å². The summed E-state index contributed by atoms with van der Waals surface area (Å²) in [7, 11) is -6.82. The lowest BCUT2D eigenvalue weighted by Gasteiger charge is -2.28. The van der Waals surface area contributed by atoms with Crippen LogP contribution in [0.15, 0.2) is 0 Å². The van der Waals surface area contributed by atoms with E-state index in [2.05, 4.69) is 0 Å². The van der Waals surface area contributed by atoms with Gasteiger partial charge in [0, 0.05) is 0 Å². The second kappa shape index (κ2) is 8.59. The zero-order valence-corrected chi connectivity index (χ0v) is 14.7. The lowest BCUT2D eigenvalue weighted by molar-refractivity contribution is 0.219. The Balaban J connectivity index is 5.05. The maximum absolute atomic E-state index is 12.7. The minimum atomic E-state index is -3.41. The van der Waals surface area contributed by atoms with Crippen molar-refractivity contribution in [2.75, 3.05) is 13.2 Å². The summed E-state index contributed by atoms with van der Waals surface area (Å²) in [5.41, 5.74) is -0.701. The van der Waals surface area contributed by atoms with Gasteiger partial charge in [-0.05, 0) is 12.8 Å². The molecule has 0 rings (SSSR count). The molecular formula is C12H28O5P2. The first kappa shape index (κ1) is 19.3. The van der Waals surface area contributed by atoms with E-state index in [4.69, 9.17) is 13.4 Å². The van der Waals surface area contributed by atoms with Crippen molar-refractivity contribution >= 4 is 15.2 Å². The van der Waals surface area contributed by atoms with E-state index in [1.165, 1.54) is 0 Å². The van der Waals surface area contributed by atoms with E-state index in [0.717, 1.165) is 12.8 Å². The van der Waals surface area contributed by atoms with Crippen molar-refractivity contribution in [1.29, 1.82) is 0 Å². The summed E-state index contributed by atoms with van der Waals surface area (Å²) in [5.74, 6) is 0. The van der Waals surface area contributed by atoms with E-state index in [9.17, 15) is 9.13 Å². The molecule has 5 nitrogen and oxygen atoms in total. The van der Waals surface area contributed by atoms with Crippen LogP contribution in [0.2, 0.25) is 0 Å². The van der Waals surface area contributed by atoms with Gasteiger partial charge in [0.05, 0.1) is 24.5 Å². The molecule has 0 saturated heterocycles. The summed E-state index contributed by atoms with van der Waals surface area (Å²) in [5, 5.41) is 0. The topological polar surface area (TPSA) is 61.8 Å². The van der Waals surface area contributed by atoms with Crippen LogP contribution in [0.5, 0.6) is 0 Å². The maximum Gasteiger partial charge on any atom is 0.340 e. The first-order chi connectivity index (χ1) is 8.72. The van der Waals surface area contributed by atoms with E-state index in [0.29, 0.717) is 13.2 Å². The van der Waals surface area contributed by atoms with Gasteiger partial charge in [-0.2, -0.15) is 0 Å². The first-order valence-corrected chi connectivity index (χ1v) is 10.1. The van der Waals surface area contributed by atoms with Crippen LogP contribution < -0.4 is 0 Å². The van der Waals surface area contributed by atoms with E-state index in [1.807, 2.05) is 13.8 Å². The molecule has 0 aromatic heterocycles. The van der Waals surface area contributed by atoms with Crippen LogP contribution >= 0.6 is 15.2 Å². The minimum Gasteiger partial charge on any atom is -0.308 e. The Morgan fingerprint density at radius 2 is 1.11 bits per heavy atom.